The summed E-state index contributed by atoms with van der Waals surface area (Å²) >= 11 is 8.41. The van der Waals surface area contributed by atoms with Crippen LogP contribution >= 0.6 is 34.2 Å². The summed E-state index contributed by atoms with van der Waals surface area (Å²) in [6.45, 7) is 5.22. The zero-order chi connectivity index (χ0) is 15.2. The maximum atomic E-state index is 6.08. The summed E-state index contributed by atoms with van der Waals surface area (Å²) in [7, 11) is 0. The van der Waals surface area contributed by atoms with Crippen molar-refractivity contribution < 1.29 is 0 Å². The first-order chi connectivity index (χ1) is 10.2. The van der Waals surface area contributed by atoms with Crippen LogP contribution in [0.15, 0.2) is 24.3 Å². The molecule has 0 saturated heterocycles. The Morgan fingerprint density at radius 1 is 1.19 bits per heavy atom. The second-order valence-corrected chi connectivity index (χ2v) is 6.36. The second-order valence-electron chi connectivity index (χ2n) is 4.84. The van der Waals surface area contributed by atoms with Crippen molar-refractivity contribution in [3.8, 4) is 11.4 Å². The van der Waals surface area contributed by atoms with Crippen LogP contribution < -0.4 is 5.32 Å². The Kier molecular flexibility index (Phi) is 6.23. The molecule has 0 unspecified atom stereocenters. The van der Waals surface area contributed by atoms with E-state index in [0.717, 1.165) is 52.3 Å². The van der Waals surface area contributed by atoms with Gasteiger partial charge in [-0.05, 0) is 47.6 Å². The Balaban J connectivity index is 2.47. The van der Waals surface area contributed by atoms with Crippen LogP contribution in [0, 0.1) is 3.57 Å². The quantitative estimate of drug-likeness (QED) is 0.661. The summed E-state index contributed by atoms with van der Waals surface area (Å²) in [5.41, 5.74) is 2.05. The first-order valence-electron chi connectivity index (χ1n) is 7.22. The highest BCUT2D eigenvalue weighted by Gasteiger charge is 2.13. The molecular formula is C16H19ClIN3. The SMILES string of the molecule is CCCNc1nc(-c2cccc(Cl)c2)nc(CCC)c1I. The van der Waals surface area contributed by atoms with Gasteiger partial charge < -0.3 is 5.32 Å². The highest BCUT2D eigenvalue weighted by molar-refractivity contribution is 14.1. The molecule has 0 aliphatic carbocycles. The molecule has 0 fully saturated rings. The minimum Gasteiger partial charge on any atom is -0.369 e. The fourth-order valence-electron chi connectivity index (χ4n) is 2.01. The van der Waals surface area contributed by atoms with E-state index in [1.165, 1.54) is 0 Å². The molecule has 1 aromatic heterocycles. The number of hydrogen-bond acceptors (Lipinski definition) is 3. The van der Waals surface area contributed by atoms with Crippen molar-refractivity contribution in [2.75, 3.05) is 11.9 Å². The molecule has 3 nitrogen and oxygen atoms in total. The molecule has 5 heteroatoms. The van der Waals surface area contributed by atoms with Crippen LogP contribution in [0.1, 0.15) is 32.4 Å². The molecule has 0 bridgehead atoms. The highest BCUT2D eigenvalue weighted by Crippen LogP contribution is 2.26. The number of halogens is 2. The minimum atomic E-state index is 0.703. The molecule has 0 saturated carbocycles. The third-order valence-corrected chi connectivity index (χ3v) is 4.40. The van der Waals surface area contributed by atoms with Gasteiger partial charge in [0.05, 0.1) is 9.26 Å². The predicted octanol–water partition coefficient (Wildman–Crippen LogP) is 5.18. The number of nitrogens with zero attached hydrogens (tertiary/aromatic N) is 2. The van der Waals surface area contributed by atoms with Gasteiger partial charge in [0.1, 0.15) is 5.82 Å². The van der Waals surface area contributed by atoms with E-state index in [2.05, 4.69) is 46.7 Å². The molecule has 0 spiro atoms. The van der Waals surface area contributed by atoms with E-state index in [1.807, 2.05) is 24.3 Å². The molecule has 21 heavy (non-hydrogen) atoms. The first kappa shape index (κ1) is 16.5. The summed E-state index contributed by atoms with van der Waals surface area (Å²) < 4.78 is 1.12. The Labute approximate surface area is 144 Å². The number of hydrogen-bond donors (Lipinski definition) is 1. The number of aryl methyl sites for hydroxylation is 1. The number of benzene rings is 1. The molecule has 1 heterocycles. The molecule has 0 radical (unpaired) electrons. The Hall–Kier alpha value is -0.880. The van der Waals surface area contributed by atoms with Gasteiger partial charge in [0.15, 0.2) is 5.82 Å². The van der Waals surface area contributed by atoms with Crippen molar-refractivity contribution >= 4 is 40.0 Å². The molecule has 0 aliphatic rings. The highest BCUT2D eigenvalue weighted by atomic mass is 127. The van der Waals surface area contributed by atoms with E-state index in [4.69, 9.17) is 16.6 Å². The largest absolute Gasteiger partial charge is 0.369 e. The van der Waals surface area contributed by atoms with E-state index < -0.39 is 0 Å². The van der Waals surface area contributed by atoms with Crippen molar-refractivity contribution in [2.45, 2.75) is 33.1 Å². The lowest BCUT2D eigenvalue weighted by Crippen LogP contribution is -2.09. The predicted molar refractivity (Wildman–Crippen MR) is 98.0 cm³/mol. The van der Waals surface area contributed by atoms with Gasteiger partial charge in [-0.15, -0.1) is 0 Å². The fourth-order valence-corrected chi connectivity index (χ4v) is 2.91. The smallest absolute Gasteiger partial charge is 0.161 e. The second kappa shape index (κ2) is 7.94. The molecule has 0 aliphatic heterocycles. The van der Waals surface area contributed by atoms with Gasteiger partial charge in [-0.3, -0.25) is 0 Å². The van der Waals surface area contributed by atoms with Crippen LogP contribution in [0.5, 0.6) is 0 Å². The zero-order valence-electron chi connectivity index (χ0n) is 12.3. The zero-order valence-corrected chi connectivity index (χ0v) is 15.2. The monoisotopic (exact) mass is 415 g/mol. The van der Waals surface area contributed by atoms with Crippen molar-refractivity contribution in [3.63, 3.8) is 0 Å². The molecule has 2 rings (SSSR count). The normalized spacial score (nSPS) is 10.7. The third-order valence-electron chi connectivity index (χ3n) is 3.03. The van der Waals surface area contributed by atoms with Gasteiger partial charge in [0, 0.05) is 17.1 Å². The lowest BCUT2D eigenvalue weighted by Gasteiger charge is -2.12. The van der Waals surface area contributed by atoms with Crippen LogP contribution in [0.2, 0.25) is 5.02 Å². The summed E-state index contributed by atoms with van der Waals surface area (Å²) in [6, 6.07) is 7.69. The lowest BCUT2D eigenvalue weighted by molar-refractivity contribution is 0.864. The summed E-state index contributed by atoms with van der Waals surface area (Å²) in [5, 5.41) is 4.10. The van der Waals surface area contributed by atoms with Crippen LogP contribution in [0.4, 0.5) is 5.82 Å². The standard InChI is InChI=1S/C16H19ClIN3/c1-3-6-13-14(18)16(19-9-4-2)21-15(20-13)11-7-5-8-12(17)10-11/h5,7-8,10H,3-4,6,9H2,1-2H3,(H,19,20,21). The summed E-state index contributed by atoms with van der Waals surface area (Å²) in [6.07, 6.45) is 3.08. The average Bonchev–Trinajstić information content (AvgIpc) is 2.48. The lowest BCUT2D eigenvalue weighted by atomic mass is 10.2. The molecule has 112 valence electrons. The van der Waals surface area contributed by atoms with E-state index in [9.17, 15) is 0 Å². The topological polar surface area (TPSA) is 37.8 Å². The van der Waals surface area contributed by atoms with Gasteiger partial charge in [-0.2, -0.15) is 0 Å². The number of rotatable bonds is 6. The molecule has 1 aromatic carbocycles. The maximum absolute atomic E-state index is 6.08. The van der Waals surface area contributed by atoms with E-state index in [0.29, 0.717) is 5.02 Å². The van der Waals surface area contributed by atoms with E-state index in [-0.39, 0.29) is 0 Å². The number of anilines is 1. The molecule has 0 atom stereocenters. The molecule has 2 aromatic rings. The van der Waals surface area contributed by atoms with Gasteiger partial charge in [0.2, 0.25) is 0 Å². The number of aromatic nitrogens is 2. The molecule has 0 amide bonds. The summed E-state index contributed by atoms with van der Waals surface area (Å²) in [5.74, 6) is 1.66. The molecular weight excluding hydrogens is 397 g/mol. The van der Waals surface area contributed by atoms with Crippen LogP contribution in [0.25, 0.3) is 11.4 Å². The van der Waals surface area contributed by atoms with Crippen molar-refractivity contribution in [2.24, 2.45) is 0 Å². The van der Waals surface area contributed by atoms with E-state index in [1.54, 1.807) is 0 Å². The van der Waals surface area contributed by atoms with Gasteiger partial charge in [-0.25, -0.2) is 9.97 Å². The van der Waals surface area contributed by atoms with Crippen LogP contribution in [-0.4, -0.2) is 16.5 Å². The average molecular weight is 416 g/mol. The van der Waals surface area contributed by atoms with E-state index >= 15 is 0 Å². The first-order valence-corrected chi connectivity index (χ1v) is 8.67. The van der Waals surface area contributed by atoms with Crippen LogP contribution in [-0.2, 0) is 6.42 Å². The van der Waals surface area contributed by atoms with Crippen LogP contribution in [0.3, 0.4) is 0 Å². The van der Waals surface area contributed by atoms with Gasteiger partial charge >= 0.3 is 0 Å². The van der Waals surface area contributed by atoms with Crippen molar-refractivity contribution in [1.82, 2.24) is 9.97 Å². The summed E-state index contributed by atoms with van der Waals surface area (Å²) in [4.78, 5) is 9.40. The van der Waals surface area contributed by atoms with Crippen molar-refractivity contribution in [3.05, 3.63) is 38.6 Å². The molecule has 1 N–H and O–H groups in total. The van der Waals surface area contributed by atoms with Crippen molar-refractivity contribution in [1.29, 1.82) is 0 Å². The maximum Gasteiger partial charge on any atom is 0.161 e. The van der Waals surface area contributed by atoms with Gasteiger partial charge in [0.25, 0.3) is 0 Å². The number of nitrogens with one attached hydrogen (secondary N) is 1. The fraction of sp³-hybridized carbons (Fsp3) is 0.375. The Morgan fingerprint density at radius 2 is 2.00 bits per heavy atom. The Bertz CT molecular complexity index is 616. The van der Waals surface area contributed by atoms with Gasteiger partial charge in [-0.1, -0.05) is 44.0 Å². The third kappa shape index (κ3) is 4.30. The Morgan fingerprint density at radius 3 is 2.67 bits per heavy atom. The minimum absolute atomic E-state index is 0.703.